The third-order valence-corrected chi connectivity index (χ3v) is 3.89. The summed E-state index contributed by atoms with van der Waals surface area (Å²) in [6.07, 6.45) is 1.17. The zero-order chi connectivity index (χ0) is 14.0. The second-order valence-corrected chi connectivity index (χ2v) is 5.81. The molecule has 0 saturated heterocycles. The molecule has 1 N–H and O–H groups in total. The fourth-order valence-corrected chi connectivity index (χ4v) is 2.50. The molecule has 0 unspecified atom stereocenters. The molecule has 19 heavy (non-hydrogen) atoms. The highest BCUT2D eigenvalue weighted by Crippen LogP contribution is 2.24. The monoisotopic (exact) mass is 299 g/mol. The predicted molar refractivity (Wildman–Crippen MR) is 71.1 cm³/mol. The maximum Gasteiger partial charge on any atom is 0.339 e. The lowest BCUT2D eigenvalue weighted by Crippen LogP contribution is -2.12. The summed E-state index contributed by atoms with van der Waals surface area (Å²) in [6, 6.07) is 7.12. The Bertz CT molecular complexity index is 750. The van der Waals surface area contributed by atoms with Crippen molar-refractivity contribution in [1.29, 1.82) is 0 Å². The van der Waals surface area contributed by atoms with Gasteiger partial charge >= 0.3 is 10.1 Å². The van der Waals surface area contributed by atoms with Crippen LogP contribution in [0.25, 0.3) is 0 Å². The summed E-state index contributed by atoms with van der Waals surface area (Å²) in [4.78, 5) is 13.4. The predicted octanol–water partition coefficient (Wildman–Crippen LogP) is 2.10. The second-order valence-electron chi connectivity index (χ2n) is 3.86. The molecule has 0 bridgehead atoms. The average molecular weight is 300 g/mol. The molecular formula is C12H10ClNO4S. The summed E-state index contributed by atoms with van der Waals surface area (Å²) < 4.78 is 28.8. The molecule has 100 valence electrons. The molecule has 2 rings (SSSR count). The van der Waals surface area contributed by atoms with E-state index in [2.05, 4.69) is 4.98 Å². The van der Waals surface area contributed by atoms with Crippen molar-refractivity contribution in [2.75, 3.05) is 0 Å². The number of aryl methyl sites for hydroxylation is 1. The average Bonchev–Trinajstić information content (AvgIpc) is 2.34. The van der Waals surface area contributed by atoms with E-state index in [1.807, 2.05) is 6.92 Å². The number of aromatic amines is 1. The Hall–Kier alpha value is -1.79. The minimum atomic E-state index is -4.01. The summed E-state index contributed by atoms with van der Waals surface area (Å²) in [5.74, 6) is -0.203. The number of H-pyrrole nitrogens is 1. The van der Waals surface area contributed by atoms with Gasteiger partial charge in [-0.1, -0.05) is 29.3 Å². The molecule has 0 atom stereocenters. The number of benzene rings is 1. The van der Waals surface area contributed by atoms with E-state index in [1.54, 1.807) is 12.1 Å². The number of hydrogen-bond acceptors (Lipinski definition) is 4. The maximum absolute atomic E-state index is 12.0. The first-order chi connectivity index (χ1) is 8.88. The third kappa shape index (κ3) is 3.15. The van der Waals surface area contributed by atoms with Crippen LogP contribution in [0.3, 0.4) is 0 Å². The van der Waals surface area contributed by atoms with E-state index in [0.29, 0.717) is 0 Å². The zero-order valence-corrected chi connectivity index (χ0v) is 11.5. The lowest BCUT2D eigenvalue weighted by Gasteiger charge is -2.08. The highest BCUT2D eigenvalue weighted by Gasteiger charge is 2.18. The van der Waals surface area contributed by atoms with Gasteiger partial charge in [0.1, 0.15) is 9.92 Å². The van der Waals surface area contributed by atoms with E-state index in [9.17, 15) is 13.2 Å². The van der Waals surface area contributed by atoms with Crippen LogP contribution in [0.15, 0.2) is 46.2 Å². The van der Waals surface area contributed by atoms with Crippen LogP contribution < -0.4 is 9.74 Å². The Balaban J connectivity index is 2.39. The molecule has 1 aromatic carbocycles. The Labute approximate surface area is 114 Å². The van der Waals surface area contributed by atoms with E-state index in [4.69, 9.17) is 15.8 Å². The first-order valence-corrected chi connectivity index (χ1v) is 7.06. The van der Waals surface area contributed by atoms with Crippen molar-refractivity contribution in [2.24, 2.45) is 0 Å². The molecule has 1 heterocycles. The fourth-order valence-electron chi connectivity index (χ4n) is 1.37. The van der Waals surface area contributed by atoms with Gasteiger partial charge in [-0.25, -0.2) is 0 Å². The Morgan fingerprint density at radius 3 is 2.47 bits per heavy atom. The number of aromatic nitrogens is 1. The molecule has 0 aliphatic heterocycles. The van der Waals surface area contributed by atoms with Crippen LogP contribution in [0, 0.1) is 6.92 Å². The molecule has 0 aliphatic carbocycles. The van der Waals surface area contributed by atoms with Crippen molar-refractivity contribution in [3.05, 3.63) is 57.5 Å². The van der Waals surface area contributed by atoms with Crippen LogP contribution in [0.1, 0.15) is 5.56 Å². The number of pyridine rings is 1. The summed E-state index contributed by atoms with van der Waals surface area (Å²) in [5.41, 5.74) is 0.423. The Kier molecular flexibility index (Phi) is 3.64. The molecule has 0 spiro atoms. The van der Waals surface area contributed by atoms with Crippen molar-refractivity contribution in [2.45, 2.75) is 11.8 Å². The van der Waals surface area contributed by atoms with E-state index in [-0.39, 0.29) is 15.7 Å². The number of hydrogen-bond donors (Lipinski definition) is 1. The smallest absolute Gasteiger partial charge is 0.339 e. The van der Waals surface area contributed by atoms with Gasteiger partial charge in [-0.15, -0.1) is 0 Å². The summed E-state index contributed by atoms with van der Waals surface area (Å²) >= 11 is 5.76. The minimum absolute atomic E-state index is 0.00514. The van der Waals surface area contributed by atoms with Gasteiger partial charge in [0.15, 0.2) is 5.75 Å². The van der Waals surface area contributed by atoms with Gasteiger partial charge < -0.3 is 9.17 Å². The minimum Gasteiger partial charge on any atom is -0.377 e. The zero-order valence-electron chi connectivity index (χ0n) is 9.88. The Morgan fingerprint density at radius 2 is 1.84 bits per heavy atom. The van der Waals surface area contributed by atoms with E-state index in [0.717, 1.165) is 11.6 Å². The lowest BCUT2D eigenvalue weighted by molar-refractivity contribution is 0.485. The molecule has 7 heteroatoms. The first-order valence-electron chi connectivity index (χ1n) is 5.28. The number of rotatable bonds is 3. The maximum atomic E-state index is 12.0. The van der Waals surface area contributed by atoms with Gasteiger partial charge in [0.05, 0.1) is 0 Å². The lowest BCUT2D eigenvalue weighted by atomic mass is 10.2. The fraction of sp³-hybridized carbons (Fsp3) is 0.0833. The molecule has 0 radical (unpaired) electrons. The standard InChI is InChI=1S/C12H10ClNO4S/c1-8-2-4-9(5-3-8)19(16,17)18-11-6-12(15)14-7-10(11)13/h2-7H,1H3,(H,14,15). The quantitative estimate of drug-likeness (QED) is 0.881. The van der Waals surface area contributed by atoms with Crippen LogP contribution >= 0.6 is 11.6 Å². The van der Waals surface area contributed by atoms with Gasteiger partial charge in [-0.2, -0.15) is 8.42 Å². The molecular weight excluding hydrogens is 290 g/mol. The van der Waals surface area contributed by atoms with Crippen LogP contribution in [-0.2, 0) is 10.1 Å². The van der Waals surface area contributed by atoms with Crippen LogP contribution in [0.4, 0.5) is 0 Å². The van der Waals surface area contributed by atoms with Gasteiger partial charge in [0.2, 0.25) is 0 Å². The SMILES string of the molecule is Cc1ccc(S(=O)(=O)Oc2cc(=O)[nH]cc2Cl)cc1. The van der Waals surface area contributed by atoms with Gasteiger partial charge in [0.25, 0.3) is 5.56 Å². The summed E-state index contributed by atoms with van der Waals surface area (Å²) in [6.45, 7) is 1.84. The van der Waals surface area contributed by atoms with Gasteiger partial charge in [-0.05, 0) is 19.1 Å². The molecule has 0 fully saturated rings. The van der Waals surface area contributed by atoms with Gasteiger partial charge in [-0.3, -0.25) is 4.79 Å². The molecule has 5 nitrogen and oxygen atoms in total. The topological polar surface area (TPSA) is 76.2 Å². The molecule has 0 aliphatic rings. The van der Waals surface area contributed by atoms with Crippen molar-refractivity contribution < 1.29 is 12.6 Å². The van der Waals surface area contributed by atoms with Crippen LogP contribution in [-0.4, -0.2) is 13.4 Å². The van der Waals surface area contributed by atoms with Crippen molar-refractivity contribution in [3.8, 4) is 5.75 Å². The molecule has 2 aromatic rings. The number of nitrogens with one attached hydrogen (secondary N) is 1. The molecule has 0 amide bonds. The van der Waals surface area contributed by atoms with Crippen molar-refractivity contribution in [1.82, 2.24) is 4.98 Å². The van der Waals surface area contributed by atoms with Crippen molar-refractivity contribution in [3.63, 3.8) is 0 Å². The number of halogens is 1. The third-order valence-electron chi connectivity index (χ3n) is 2.35. The summed E-state index contributed by atoms with van der Waals surface area (Å²) in [7, 11) is -4.01. The van der Waals surface area contributed by atoms with Crippen LogP contribution in [0.5, 0.6) is 5.75 Å². The van der Waals surface area contributed by atoms with E-state index < -0.39 is 15.7 Å². The van der Waals surface area contributed by atoms with Gasteiger partial charge in [0, 0.05) is 12.3 Å². The van der Waals surface area contributed by atoms with E-state index >= 15 is 0 Å². The van der Waals surface area contributed by atoms with E-state index in [1.165, 1.54) is 18.3 Å². The molecule has 1 aromatic heterocycles. The Morgan fingerprint density at radius 1 is 1.21 bits per heavy atom. The summed E-state index contributed by atoms with van der Waals surface area (Å²) in [5, 5.41) is 0.00952. The van der Waals surface area contributed by atoms with Crippen LogP contribution in [0.2, 0.25) is 5.02 Å². The first kappa shape index (κ1) is 13.6. The molecule has 0 saturated carbocycles. The highest BCUT2D eigenvalue weighted by molar-refractivity contribution is 7.87. The second kappa shape index (κ2) is 5.07. The van der Waals surface area contributed by atoms with Crippen molar-refractivity contribution >= 4 is 21.7 Å². The highest BCUT2D eigenvalue weighted by atomic mass is 35.5. The largest absolute Gasteiger partial charge is 0.377 e. The normalized spacial score (nSPS) is 11.3.